The van der Waals surface area contributed by atoms with Crippen molar-refractivity contribution in [1.82, 2.24) is 4.90 Å². The summed E-state index contributed by atoms with van der Waals surface area (Å²) < 4.78 is 0. The number of likely N-dealkylation sites (tertiary alicyclic amines) is 1. The fraction of sp³-hybridized carbons (Fsp3) is 0.812. The Kier molecular flexibility index (Phi) is 7.79. The van der Waals surface area contributed by atoms with Gasteiger partial charge in [0.2, 0.25) is 5.91 Å². The van der Waals surface area contributed by atoms with Crippen molar-refractivity contribution < 1.29 is 4.79 Å². The zero-order valence-corrected chi connectivity index (χ0v) is 12.0. The van der Waals surface area contributed by atoms with Crippen LogP contribution in [0.3, 0.4) is 0 Å². The minimum Gasteiger partial charge on any atom is -0.320 e. The highest BCUT2D eigenvalue weighted by Crippen LogP contribution is 2.24. The molecule has 1 amide bonds. The molecule has 0 aromatic rings. The lowest BCUT2D eigenvalue weighted by Gasteiger charge is -2.15. The highest BCUT2D eigenvalue weighted by Gasteiger charge is 2.20. The fourth-order valence-corrected chi connectivity index (χ4v) is 2.76. The van der Waals surface area contributed by atoms with Crippen molar-refractivity contribution in [2.24, 2.45) is 5.92 Å². The Balaban J connectivity index is 2.12. The van der Waals surface area contributed by atoms with E-state index >= 15 is 0 Å². The Bertz CT molecular complexity index is 249. The van der Waals surface area contributed by atoms with Crippen LogP contribution in [0.2, 0.25) is 0 Å². The van der Waals surface area contributed by atoms with Crippen LogP contribution in [-0.4, -0.2) is 17.4 Å². The van der Waals surface area contributed by atoms with E-state index in [4.69, 9.17) is 0 Å². The first kappa shape index (κ1) is 15.3. The van der Waals surface area contributed by atoms with E-state index in [1.54, 1.807) is 11.1 Å². The van der Waals surface area contributed by atoms with E-state index in [0.717, 1.165) is 25.3 Å². The van der Waals surface area contributed by atoms with Gasteiger partial charge in [0.05, 0.1) is 0 Å². The summed E-state index contributed by atoms with van der Waals surface area (Å²) in [5.74, 6) is 1.01. The molecule has 0 aromatic carbocycles. The van der Waals surface area contributed by atoms with Gasteiger partial charge in [-0.05, 0) is 25.0 Å². The molecule has 1 unspecified atom stereocenters. The molecule has 1 atom stereocenters. The first-order valence-corrected chi connectivity index (χ1v) is 7.70. The van der Waals surface area contributed by atoms with Gasteiger partial charge in [-0.25, -0.2) is 0 Å². The number of carbonyl (C=O) groups excluding carboxylic acids is 1. The molecular weight excluding hydrogens is 222 g/mol. The molecule has 0 saturated carbocycles. The monoisotopic (exact) mass is 251 g/mol. The van der Waals surface area contributed by atoms with Crippen LogP contribution in [0, 0.1) is 5.92 Å². The molecule has 1 aliphatic rings. The van der Waals surface area contributed by atoms with Crippen LogP contribution in [0.25, 0.3) is 0 Å². The first-order valence-electron chi connectivity index (χ1n) is 7.70. The van der Waals surface area contributed by atoms with Crippen LogP contribution in [-0.2, 0) is 4.79 Å². The molecule has 1 saturated heterocycles. The fourth-order valence-electron chi connectivity index (χ4n) is 2.76. The van der Waals surface area contributed by atoms with Gasteiger partial charge < -0.3 is 4.90 Å². The standard InChI is InChI=1S/C16H29NO/c1-3-5-6-7-8-9-10-15-11-12-16(18)17(4-2)14-13-15/h4,15H,2-3,5-14H2,1H3. The largest absolute Gasteiger partial charge is 0.320 e. The summed E-state index contributed by atoms with van der Waals surface area (Å²) in [4.78, 5) is 13.5. The molecular formula is C16H29NO. The van der Waals surface area contributed by atoms with Crippen LogP contribution in [0.15, 0.2) is 12.8 Å². The highest BCUT2D eigenvalue weighted by atomic mass is 16.2. The van der Waals surface area contributed by atoms with Gasteiger partial charge in [-0.2, -0.15) is 0 Å². The molecule has 0 radical (unpaired) electrons. The third kappa shape index (κ3) is 5.70. The van der Waals surface area contributed by atoms with Gasteiger partial charge >= 0.3 is 0 Å². The average Bonchev–Trinajstić information content (AvgIpc) is 2.56. The lowest BCUT2D eigenvalue weighted by molar-refractivity contribution is -0.128. The number of carbonyl (C=O) groups is 1. The Labute approximate surface area is 112 Å². The molecule has 1 fully saturated rings. The van der Waals surface area contributed by atoms with Crippen molar-refractivity contribution in [1.29, 1.82) is 0 Å². The van der Waals surface area contributed by atoms with Gasteiger partial charge in [-0.3, -0.25) is 4.79 Å². The van der Waals surface area contributed by atoms with Crippen LogP contribution < -0.4 is 0 Å². The second-order valence-corrected chi connectivity index (χ2v) is 5.52. The molecule has 1 rings (SSSR count). The SMILES string of the molecule is C=CN1CCC(CCCCCCCC)CCC1=O. The second kappa shape index (κ2) is 9.18. The van der Waals surface area contributed by atoms with Gasteiger partial charge in [0.1, 0.15) is 0 Å². The molecule has 1 heterocycles. The smallest absolute Gasteiger partial charge is 0.226 e. The summed E-state index contributed by atoms with van der Waals surface area (Å²) in [5, 5.41) is 0. The Morgan fingerprint density at radius 2 is 1.94 bits per heavy atom. The van der Waals surface area contributed by atoms with Crippen molar-refractivity contribution in [3.8, 4) is 0 Å². The molecule has 0 bridgehead atoms. The second-order valence-electron chi connectivity index (χ2n) is 5.52. The maximum absolute atomic E-state index is 11.7. The minimum absolute atomic E-state index is 0.260. The zero-order chi connectivity index (χ0) is 13.2. The molecule has 18 heavy (non-hydrogen) atoms. The normalized spacial score (nSPS) is 20.8. The van der Waals surface area contributed by atoms with Crippen molar-refractivity contribution in [2.45, 2.75) is 71.1 Å². The van der Waals surface area contributed by atoms with Crippen molar-refractivity contribution in [2.75, 3.05) is 6.54 Å². The number of hydrogen-bond acceptors (Lipinski definition) is 1. The Hall–Kier alpha value is -0.790. The molecule has 104 valence electrons. The minimum atomic E-state index is 0.260. The van der Waals surface area contributed by atoms with E-state index in [1.165, 1.54) is 44.9 Å². The summed E-state index contributed by atoms with van der Waals surface area (Å²) in [6.45, 7) is 6.85. The predicted molar refractivity (Wildman–Crippen MR) is 77.2 cm³/mol. The Morgan fingerprint density at radius 3 is 2.67 bits per heavy atom. The number of unbranched alkanes of at least 4 members (excludes halogenated alkanes) is 5. The van der Waals surface area contributed by atoms with Crippen LogP contribution >= 0.6 is 0 Å². The van der Waals surface area contributed by atoms with Crippen LogP contribution in [0.5, 0.6) is 0 Å². The summed E-state index contributed by atoms with van der Waals surface area (Å²) in [6.07, 6.45) is 14.2. The molecule has 2 heteroatoms. The molecule has 0 aromatic heterocycles. The molecule has 2 nitrogen and oxygen atoms in total. The Morgan fingerprint density at radius 1 is 1.22 bits per heavy atom. The summed E-state index contributed by atoms with van der Waals surface area (Å²) in [5.41, 5.74) is 0. The molecule has 0 spiro atoms. The third-order valence-electron chi connectivity index (χ3n) is 4.05. The van der Waals surface area contributed by atoms with Gasteiger partial charge in [0, 0.05) is 13.0 Å². The van der Waals surface area contributed by atoms with E-state index in [1.807, 2.05) is 0 Å². The van der Waals surface area contributed by atoms with E-state index in [-0.39, 0.29) is 5.91 Å². The zero-order valence-electron chi connectivity index (χ0n) is 12.0. The summed E-state index contributed by atoms with van der Waals surface area (Å²) in [6, 6.07) is 0. The maximum atomic E-state index is 11.7. The van der Waals surface area contributed by atoms with E-state index in [2.05, 4.69) is 13.5 Å². The maximum Gasteiger partial charge on any atom is 0.226 e. The van der Waals surface area contributed by atoms with Crippen LogP contribution in [0.4, 0.5) is 0 Å². The molecule has 0 N–H and O–H groups in total. The lowest BCUT2D eigenvalue weighted by Crippen LogP contribution is -2.24. The first-order chi connectivity index (χ1) is 8.77. The topological polar surface area (TPSA) is 20.3 Å². The third-order valence-corrected chi connectivity index (χ3v) is 4.05. The lowest BCUT2D eigenvalue weighted by atomic mass is 9.93. The number of nitrogens with zero attached hydrogens (tertiary/aromatic N) is 1. The average molecular weight is 251 g/mol. The van der Waals surface area contributed by atoms with Crippen molar-refractivity contribution >= 4 is 5.91 Å². The van der Waals surface area contributed by atoms with Gasteiger partial charge in [0.15, 0.2) is 0 Å². The van der Waals surface area contributed by atoms with Crippen molar-refractivity contribution in [3.63, 3.8) is 0 Å². The summed E-state index contributed by atoms with van der Waals surface area (Å²) in [7, 11) is 0. The van der Waals surface area contributed by atoms with Gasteiger partial charge in [-0.15, -0.1) is 0 Å². The van der Waals surface area contributed by atoms with Crippen molar-refractivity contribution in [3.05, 3.63) is 12.8 Å². The predicted octanol–water partition coefficient (Wildman–Crippen LogP) is 4.51. The van der Waals surface area contributed by atoms with Crippen LogP contribution in [0.1, 0.15) is 71.1 Å². The van der Waals surface area contributed by atoms with Gasteiger partial charge in [-0.1, -0.05) is 58.4 Å². The van der Waals surface area contributed by atoms with E-state index in [0.29, 0.717) is 6.42 Å². The number of hydrogen-bond donors (Lipinski definition) is 0. The quantitative estimate of drug-likeness (QED) is 0.581. The highest BCUT2D eigenvalue weighted by molar-refractivity contribution is 5.77. The summed E-state index contributed by atoms with van der Waals surface area (Å²) >= 11 is 0. The van der Waals surface area contributed by atoms with E-state index < -0.39 is 0 Å². The molecule has 1 aliphatic heterocycles. The van der Waals surface area contributed by atoms with Gasteiger partial charge in [0.25, 0.3) is 0 Å². The van der Waals surface area contributed by atoms with E-state index in [9.17, 15) is 4.79 Å². The molecule has 0 aliphatic carbocycles. The number of rotatable bonds is 8. The number of amides is 1.